The summed E-state index contributed by atoms with van der Waals surface area (Å²) < 4.78 is 9.04. The van der Waals surface area contributed by atoms with Crippen LogP contribution in [-0.4, -0.2) is 53.9 Å². The first-order chi connectivity index (χ1) is 10.3. The number of esters is 2. The molecule has 2 heterocycles. The summed E-state index contributed by atoms with van der Waals surface area (Å²) in [5, 5.41) is 0.211. The van der Waals surface area contributed by atoms with Gasteiger partial charge in [0.25, 0.3) is 0 Å². The van der Waals surface area contributed by atoms with Crippen molar-refractivity contribution in [2.24, 2.45) is 11.7 Å². The van der Waals surface area contributed by atoms with Crippen molar-refractivity contribution in [2.45, 2.75) is 24.3 Å². The van der Waals surface area contributed by atoms with E-state index in [4.69, 9.17) is 5.73 Å². The molecule has 3 unspecified atom stereocenters. The predicted octanol–water partition coefficient (Wildman–Crippen LogP) is 0.987. The van der Waals surface area contributed by atoms with E-state index in [9.17, 15) is 14.4 Å². The van der Waals surface area contributed by atoms with E-state index in [1.54, 1.807) is 11.8 Å². The molecule has 0 bridgehead atoms. The molecule has 6 nitrogen and oxygen atoms in total. The maximum absolute atomic E-state index is 11.2. The predicted molar refractivity (Wildman–Crippen MR) is 87.6 cm³/mol. The SMILES string of the molecule is COC(=O)C1=C(N)C(C)SC1.COC(=O)C1CSC(C)C1=O. The molecule has 1 fully saturated rings. The number of ketones is 1. The van der Waals surface area contributed by atoms with Gasteiger partial charge in [0.2, 0.25) is 0 Å². The van der Waals surface area contributed by atoms with Gasteiger partial charge in [-0.3, -0.25) is 9.59 Å². The van der Waals surface area contributed by atoms with E-state index in [-0.39, 0.29) is 22.3 Å². The van der Waals surface area contributed by atoms with E-state index in [0.29, 0.717) is 22.8 Å². The molecule has 2 rings (SSSR count). The van der Waals surface area contributed by atoms with E-state index < -0.39 is 11.9 Å². The number of carbonyl (C=O) groups excluding carboxylic acids is 3. The van der Waals surface area contributed by atoms with Gasteiger partial charge in [0.1, 0.15) is 5.92 Å². The molecule has 1 saturated heterocycles. The van der Waals surface area contributed by atoms with Crippen LogP contribution in [0.5, 0.6) is 0 Å². The molecular weight excluding hydrogens is 326 g/mol. The largest absolute Gasteiger partial charge is 0.468 e. The van der Waals surface area contributed by atoms with E-state index in [1.165, 1.54) is 26.0 Å². The molecule has 3 atom stereocenters. The van der Waals surface area contributed by atoms with Crippen LogP contribution in [0.3, 0.4) is 0 Å². The topological polar surface area (TPSA) is 95.7 Å². The minimum absolute atomic E-state index is 0.00171. The first-order valence-electron chi connectivity index (χ1n) is 6.75. The van der Waals surface area contributed by atoms with Gasteiger partial charge in [-0.1, -0.05) is 0 Å². The molecule has 8 heteroatoms. The van der Waals surface area contributed by atoms with Gasteiger partial charge in [0, 0.05) is 22.5 Å². The van der Waals surface area contributed by atoms with Crippen molar-refractivity contribution in [1.29, 1.82) is 0 Å². The normalized spacial score (nSPS) is 27.3. The summed E-state index contributed by atoms with van der Waals surface area (Å²) in [4.78, 5) is 33.1. The summed E-state index contributed by atoms with van der Waals surface area (Å²) in [5.74, 6) is 0.0554. The maximum Gasteiger partial charge on any atom is 0.336 e. The maximum atomic E-state index is 11.2. The van der Waals surface area contributed by atoms with Crippen molar-refractivity contribution in [1.82, 2.24) is 0 Å². The second kappa shape index (κ2) is 8.47. The lowest BCUT2D eigenvalue weighted by Gasteiger charge is -2.03. The first-order valence-corrected chi connectivity index (χ1v) is 8.84. The number of nitrogens with two attached hydrogens (primary N) is 1. The second-order valence-corrected chi connectivity index (χ2v) is 7.54. The number of rotatable bonds is 2. The zero-order valence-electron chi connectivity index (χ0n) is 13.1. The monoisotopic (exact) mass is 347 g/mol. The van der Waals surface area contributed by atoms with Gasteiger partial charge in [0.15, 0.2) is 5.78 Å². The number of Topliss-reactive ketones (excluding diaryl/α,β-unsaturated/α-hetero) is 1. The van der Waals surface area contributed by atoms with Crippen LogP contribution >= 0.6 is 23.5 Å². The highest BCUT2D eigenvalue weighted by Crippen LogP contribution is 2.29. The van der Waals surface area contributed by atoms with Crippen molar-refractivity contribution in [3.8, 4) is 0 Å². The van der Waals surface area contributed by atoms with Crippen molar-refractivity contribution in [3.63, 3.8) is 0 Å². The molecule has 2 aliphatic rings. The zero-order chi connectivity index (χ0) is 16.9. The Labute approximate surface area is 138 Å². The van der Waals surface area contributed by atoms with Gasteiger partial charge in [-0.25, -0.2) is 4.79 Å². The fraction of sp³-hybridized carbons (Fsp3) is 0.643. The standard InChI is InChI=1S/C7H11NO2S.C7H10O3S/c2*1-4-6(8)5(3-11-4)7(9)10-2/h4H,3,8H2,1-2H3;4-5H,3H2,1-2H3. The van der Waals surface area contributed by atoms with Gasteiger partial charge in [0.05, 0.1) is 25.0 Å². The second-order valence-electron chi connectivity index (χ2n) is 4.83. The third-order valence-corrected chi connectivity index (χ3v) is 5.91. The molecule has 0 aromatic carbocycles. The lowest BCUT2D eigenvalue weighted by Crippen LogP contribution is -2.25. The van der Waals surface area contributed by atoms with Crippen molar-refractivity contribution in [2.75, 3.05) is 25.7 Å². The molecule has 0 radical (unpaired) electrons. The van der Waals surface area contributed by atoms with Gasteiger partial charge in [-0.2, -0.15) is 0 Å². The average molecular weight is 347 g/mol. The lowest BCUT2D eigenvalue weighted by atomic mass is 10.1. The molecule has 2 N–H and O–H groups in total. The van der Waals surface area contributed by atoms with Crippen LogP contribution in [0.4, 0.5) is 0 Å². The van der Waals surface area contributed by atoms with Crippen LogP contribution in [0.25, 0.3) is 0 Å². The Morgan fingerprint density at radius 3 is 2.14 bits per heavy atom. The third-order valence-electron chi connectivity index (χ3n) is 3.44. The average Bonchev–Trinajstić information content (AvgIpc) is 3.02. The van der Waals surface area contributed by atoms with Crippen LogP contribution in [0.2, 0.25) is 0 Å². The summed E-state index contributed by atoms with van der Waals surface area (Å²) in [6.45, 7) is 3.80. The fourth-order valence-electron chi connectivity index (χ4n) is 1.94. The number of ether oxygens (including phenoxy) is 2. The van der Waals surface area contributed by atoms with E-state index in [2.05, 4.69) is 9.47 Å². The first kappa shape index (κ1) is 18.9. The molecule has 124 valence electrons. The van der Waals surface area contributed by atoms with Gasteiger partial charge in [-0.05, 0) is 13.8 Å². The molecule has 0 spiro atoms. The summed E-state index contributed by atoms with van der Waals surface area (Å²) in [6.07, 6.45) is 0. The Morgan fingerprint density at radius 1 is 1.14 bits per heavy atom. The molecule has 0 aromatic rings. The van der Waals surface area contributed by atoms with Crippen LogP contribution in [0.15, 0.2) is 11.3 Å². The highest BCUT2D eigenvalue weighted by atomic mass is 32.2. The highest BCUT2D eigenvalue weighted by molar-refractivity contribution is 8.01. The van der Waals surface area contributed by atoms with Gasteiger partial charge >= 0.3 is 11.9 Å². The Hall–Kier alpha value is -1.15. The summed E-state index contributed by atoms with van der Waals surface area (Å²) in [7, 11) is 2.68. The summed E-state index contributed by atoms with van der Waals surface area (Å²) in [6, 6.07) is 0. The molecular formula is C14H21NO5S2. The summed E-state index contributed by atoms with van der Waals surface area (Å²) in [5.41, 5.74) is 6.95. The Balaban J connectivity index is 0.000000220. The van der Waals surface area contributed by atoms with E-state index in [0.717, 1.165) is 0 Å². The quantitative estimate of drug-likeness (QED) is 0.583. The Bertz CT molecular complexity index is 492. The molecule has 0 amide bonds. The smallest absolute Gasteiger partial charge is 0.336 e. The molecule has 0 aliphatic carbocycles. The van der Waals surface area contributed by atoms with Crippen LogP contribution < -0.4 is 5.73 Å². The third kappa shape index (κ3) is 4.42. The molecule has 22 heavy (non-hydrogen) atoms. The zero-order valence-corrected chi connectivity index (χ0v) is 14.7. The molecule has 0 saturated carbocycles. The fourth-order valence-corrected chi connectivity index (χ4v) is 4.07. The van der Waals surface area contributed by atoms with Crippen LogP contribution in [0, 0.1) is 5.92 Å². The van der Waals surface area contributed by atoms with Crippen LogP contribution in [-0.2, 0) is 23.9 Å². The van der Waals surface area contributed by atoms with E-state index >= 15 is 0 Å². The summed E-state index contributed by atoms with van der Waals surface area (Å²) >= 11 is 3.16. The highest BCUT2D eigenvalue weighted by Gasteiger charge is 2.37. The Morgan fingerprint density at radius 2 is 1.77 bits per heavy atom. The van der Waals surface area contributed by atoms with Crippen LogP contribution in [0.1, 0.15) is 13.8 Å². The minimum atomic E-state index is -0.514. The minimum Gasteiger partial charge on any atom is -0.468 e. The lowest BCUT2D eigenvalue weighted by molar-refractivity contribution is -0.147. The number of hydrogen-bond acceptors (Lipinski definition) is 8. The van der Waals surface area contributed by atoms with Crippen molar-refractivity contribution in [3.05, 3.63) is 11.3 Å². The van der Waals surface area contributed by atoms with Gasteiger partial charge < -0.3 is 15.2 Å². The van der Waals surface area contributed by atoms with Crippen molar-refractivity contribution < 1.29 is 23.9 Å². The number of carbonyl (C=O) groups is 3. The number of hydrogen-bond donors (Lipinski definition) is 1. The Kier molecular flexibility index (Phi) is 7.28. The van der Waals surface area contributed by atoms with Gasteiger partial charge in [-0.15, -0.1) is 23.5 Å². The van der Waals surface area contributed by atoms with E-state index in [1.807, 2.05) is 13.8 Å². The number of methoxy groups -OCH3 is 2. The van der Waals surface area contributed by atoms with Crippen molar-refractivity contribution >= 4 is 41.2 Å². The number of thioether (sulfide) groups is 2. The molecule has 0 aromatic heterocycles. The molecule has 2 aliphatic heterocycles.